The Kier molecular flexibility index (Phi) is 5.79. The molecule has 0 saturated carbocycles. The molecular weight excluding hydrogens is 346 g/mol. The number of benzene rings is 2. The Bertz CT molecular complexity index is 901. The van der Waals surface area contributed by atoms with E-state index in [2.05, 4.69) is 10.3 Å². The second-order valence-corrected chi connectivity index (χ2v) is 6.14. The number of carbonyl (C=O) groups is 1. The molecule has 0 atom stereocenters. The molecule has 1 heterocycles. The number of rotatable bonds is 5. The molecule has 26 heavy (non-hydrogen) atoms. The van der Waals surface area contributed by atoms with E-state index >= 15 is 0 Å². The molecule has 3 rings (SSSR count). The van der Waals surface area contributed by atoms with E-state index in [4.69, 9.17) is 17.3 Å². The van der Waals surface area contributed by atoms with Crippen LogP contribution in [-0.2, 0) is 11.3 Å². The molecule has 5 heteroatoms. The van der Waals surface area contributed by atoms with Crippen LogP contribution in [0.25, 0.3) is 17.2 Å². The van der Waals surface area contributed by atoms with Gasteiger partial charge in [-0.2, -0.15) is 0 Å². The average Bonchev–Trinajstić information content (AvgIpc) is 2.68. The largest absolute Gasteiger partial charge is 0.326 e. The van der Waals surface area contributed by atoms with E-state index in [1.54, 1.807) is 12.3 Å². The van der Waals surface area contributed by atoms with Crippen molar-refractivity contribution in [3.8, 4) is 11.1 Å². The molecule has 0 bridgehead atoms. The van der Waals surface area contributed by atoms with Crippen LogP contribution in [0.3, 0.4) is 0 Å². The molecule has 0 radical (unpaired) electrons. The summed E-state index contributed by atoms with van der Waals surface area (Å²) in [6.45, 7) is 0.478. The van der Waals surface area contributed by atoms with Crippen LogP contribution in [0.2, 0.25) is 5.02 Å². The Hall–Kier alpha value is -2.95. The smallest absolute Gasteiger partial charge is 0.248 e. The van der Waals surface area contributed by atoms with Gasteiger partial charge in [-0.3, -0.25) is 9.78 Å². The van der Waals surface area contributed by atoms with Gasteiger partial charge in [0.1, 0.15) is 0 Å². The number of anilines is 1. The summed E-state index contributed by atoms with van der Waals surface area (Å²) in [4.78, 5) is 16.4. The fourth-order valence-electron chi connectivity index (χ4n) is 2.39. The highest BCUT2D eigenvalue weighted by atomic mass is 35.5. The molecule has 0 fully saturated rings. The van der Waals surface area contributed by atoms with Crippen molar-refractivity contribution in [2.45, 2.75) is 6.54 Å². The van der Waals surface area contributed by atoms with Crippen LogP contribution in [0.4, 0.5) is 5.69 Å². The van der Waals surface area contributed by atoms with Gasteiger partial charge in [0.15, 0.2) is 0 Å². The average molecular weight is 364 g/mol. The lowest BCUT2D eigenvalue weighted by Gasteiger charge is -2.03. The van der Waals surface area contributed by atoms with Gasteiger partial charge < -0.3 is 11.1 Å². The highest BCUT2D eigenvalue weighted by Crippen LogP contribution is 2.21. The van der Waals surface area contributed by atoms with Crippen LogP contribution in [0.5, 0.6) is 0 Å². The van der Waals surface area contributed by atoms with Crippen molar-refractivity contribution in [2.75, 3.05) is 5.32 Å². The van der Waals surface area contributed by atoms with Crippen molar-refractivity contribution in [3.63, 3.8) is 0 Å². The predicted molar refractivity (Wildman–Crippen MR) is 107 cm³/mol. The third-order valence-corrected chi connectivity index (χ3v) is 4.08. The van der Waals surface area contributed by atoms with Gasteiger partial charge in [-0.05, 0) is 47.5 Å². The topological polar surface area (TPSA) is 68.0 Å². The fraction of sp³-hybridized carbons (Fsp3) is 0.0476. The van der Waals surface area contributed by atoms with Crippen molar-refractivity contribution in [1.29, 1.82) is 0 Å². The highest BCUT2D eigenvalue weighted by Gasteiger charge is 2.00. The van der Waals surface area contributed by atoms with Gasteiger partial charge in [-0.15, -0.1) is 0 Å². The molecule has 1 aromatic heterocycles. The summed E-state index contributed by atoms with van der Waals surface area (Å²) in [5.74, 6) is -0.214. The van der Waals surface area contributed by atoms with Gasteiger partial charge in [0.25, 0.3) is 0 Å². The summed E-state index contributed by atoms with van der Waals surface area (Å²) >= 11 is 5.90. The normalized spacial score (nSPS) is 10.8. The molecule has 0 aliphatic rings. The standard InChI is InChI=1S/C21H18ClN3O/c22-18-6-3-16(4-7-18)17-5-10-19(24-14-17)11-12-21(26)25-20-8-1-15(13-23)2-9-20/h1-12,14H,13,23H2,(H,25,26). The highest BCUT2D eigenvalue weighted by molar-refractivity contribution is 6.30. The Morgan fingerprint density at radius 3 is 2.31 bits per heavy atom. The maximum atomic E-state index is 12.0. The van der Waals surface area contributed by atoms with E-state index in [-0.39, 0.29) is 5.91 Å². The zero-order valence-electron chi connectivity index (χ0n) is 14.0. The van der Waals surface area contributed by atoms with E-state index in [0.717, 1.165) is 22.4 Å². The van der Waals surface area contributed by atoms with Crippen molar-refractivity contribution in [1.82, 2.24) is 4.98 Å². The molecule has 0 unspecified atom stereocenters. The van der Waals surface area contributed by atoms with Gasteiger partial charge in [0.05, 0.1) is 5.69 Å². The number of hydrogen-bond donors (Lipinski definition) is 2. The SMILES string of the molecule is NCc1ccc(NC(=O)C=Cc2ccc(-c3ccc(Cl)cc3)cn2)cc1. The summed E-state index contributed by atoms with van der Waals surface area (Å²) in [5.41, 5.74) is 10.0. The number of halogens is 1. The predicted octanol–water partition coefficient (Wildman–Crippen LogP) is 4.51. The van der Waals surface area contributed by atoms with Gasteiger partial charge in [-0.25, -0.2) is 0 Å². The van der Waals surface area contributed by atoms with Gasteiger partial charge >= 0.3 is 0 Å². The molecule has 0 aliphatic carbocycles. The fourth-order valence-corrected chi connectivity index (χ4v) is 2.51. The minimum Gasteiger partial charge on any atom is -0.326 e. The number of aromatic nitrogens is 1. The zero-order chi connectivity index (χ0) is 18.4. The number of hydrogen-bond acceptors (Lipinski definition) is 3. The van der Waals surface area contributed by atoms with Crippen LogP contribution in [-0.4, -0.2) is 10.9 Å². The lowest BCUT2D eigenvalue weighted by atomic mass is 10.1. The van der Waals surface area contributed by atoms with Crippen molar-refractivity contribution in [3.05, 3.63) is 89.2 Å². The summed E-state index contributed by atoms with van der Waals surface area (Å²) < 4.78 is 0. The first-order valence-corrected chi connectivity index (χ1v) is 8.52. The number of nitrogens with two attached hydrogens (primary N) is 1. The number of pyridine rings is 1. The van der Waals surface area contributed by atoms with E-state index in [1.165, 1.54) is 6.08 Å². The van der Waals surface area contributed by atoms with Crippen LogP contribution in [0, 0.1) is 0 Å². The summed E-state index contributed by atoms with van der Waals surface area (Å²) in [6, 6.07) is 18.8. The third kappa shape index (κ3) is 4.79. The molecular formula is C21H18ClN3O. The summed E-state index contributed by atoms with van der Waals surface area (Å²) in [7, 11) is 0. The number of carbonyl (C=O) groups excluding carboxylic acids is 1. The molecule has 3 N–H and O–H groups in total. The molecule has 0 saturated heterocycles. The number of amides is 1. The minimum absolute atomic E-state index is 0.214. The Balaban J connectivity index is 1.62. The maximum Gasteiger partial charge on any atom is 0.248 e. The van der Waals surface area contributed by atoms with Crippen LogP contribution in [0.15, 0.2) is 72.9 Å². The van der Waals surface area contributed by atoms with Crippen LogP contribution < -0.4 is 11.1 Å². The van der Waals surface area contributed by atoms with Gasteiger partial charge in [0.2, 0.25) is 5.91 Å². The quantitative estimate of drug-likeness (QED) is 0.655. The monoisotopic (exact) mass is 363 g/mol. The maximum absolute atomic E-state index is 12.0. The van der Waals surface area contributed by atoms with Crippen molar-refractivity contribution < 1.29 is 4.79 Å². The third-order valence-electron chi connectivity index (χ3n) is 3.83. The molecule has 4 nitrogen and oxygen atoms in total. The Morgan fingerprint density at radius 1 is 1.00 bits per heavy atom. The second kappa shape index (κ2) is 8.43. The minimum atomic E-state index is -0.214. The van der Waals surface area contributed by atoms with Crippen molar-refractivity contribution in [2.24, 2.45) is 5.73 Å². The van der Waals surface area contributed by atoms with E-state index in [1.807, 2.05) is 60.7 Å². The molecule has 3 aromatic rings. The lowest BCUT2D eigenvalue weighted by Crippen LogP contribution is -2.08. The molecule has 0 spiro atoms. The number of nitrogens with one attached hydrogen (secondary N) is 1. The van der Waals surface area contributed by atoms with E-state index < -0.39 is 0 Å². The molecule has 1 amide bonds. The zero-order valence-corrected chi connectivity index (χ0v) is 14.8. The summed E-state index contributed by atoms with van der Waals surface area (Å²) in [6.07, 6.45) is 4.91. The first-order valence-electron chi connectivity index (χ1n) is 8.14. The van der Waals surface area contributed by atoms with Gasteiger partial charge in [-0.1, -0.05) is 41.9 Å². The first kappa shape index (κ1) is 17.9. The first-order chi connectivity index (χ1) is 12.6. The molecule has 0 aliphatic heterocycles. The Morgan fingerprint density at radius 2 is 1.69 bits per heavy atom. The Labute approximate surface area is 157 Å². The lowest BCUT2D eigenvalue weighted by molar-refractivity contribution is -0.111. The van der Waals surface area contributed by atoms with Gasteiger partial charge in [0, 0.05) is 35.1 Å². The van der Waals surface area contributed by atoms with Crippen molar-refractivity contribution >= 4 is 29.3 Å². The second-order valence-electron chi connectivity index (χ2n) is 5.70. The molecule has 130 valence electrons. The van der Waals surface area contributed by atoms with E-state index in [0.29, 0.717) is 17.3 Å². The van der Waals surface area contributed by atoms with E-state index in [9.17, 15) is 4.79 Å². The van der Waals surface area contributed by atoms with Crippen LogP contribution in [0.1, 0.15) is 11.3 Å². The van der Waals surface area contributed by atoms with Crippen LogP contribution >= 0.6 is 11.6 Å². The summed E-state index contributed by atoms with van der Waals surface area (Å²) in [5, 5.41) is 3.50. The number of nitrogens with zero attached hydrogens (tertiary/aromatic N) is 1. The molecule has 2 aromatic carbocycles.